The highest BCUT2D eigenvalue weighted by molar-refractivity contribution is 5.94. The van der Waals surface area contributed by atoms with Crippen LogP contribution < -0.4 is 16.4 Å². The van der Waals surface area contributed by atoms with Crippen LogP contribution in [0.5, 0.6) is 0 Å². The number of benzene rings is 2. The van der Waals surface area contributed by atoms with Crippen molar-refractivity contribution in [2.75, 3.05) is 6.54 Å². The molecule has 0 saturated heterocycles. The predicted octanol–water partition coefficient (Wildman–Crippen LogP) is 3.67. The van der Waals surface area contributed by atoms with Crippen LogP contribution in [-0.4, -0.2) is 46.9 Å². The average Bonchev–Trinajstić information content (AvgIpc) is 2.80. The Morgan fingerprint density at radius 2 is 1.61 bits per heavy atom. The third kappa shape index (κ3) is 9.53. The Morgan fingerprint density at radius 1 is 1.00 bits per heavy atom. The van der Waals surface area contributed by atoms with E-state index in [9.17, 15) is 19.2 Å². The van der Waals surface area contributed by atoms with E-state index < -0.39 is 42.0 Å². The van der Waals surface area contributed by atoms with Crippen LogP contribution in [-0.2, 0) is 25.7 Å². The third-order valence-corrected chi connectivity index (χ3v) is 5.57. The number of amides is 4. The summed E-state index contributed by atoms with van der Waals surface area (Å²) in [4.78, 5) is 53.4. The number of ether oxygens (including phenoxy) is 1. The van der Waals surface area contributed by atoms with Gasteiger partial charge in [-0.15, -0.1) is 0 Å². The second kappa shape index (κ2) is 13.6. The second-order valence-corrected chi connectivity index (χ2v) is 10.4. The van der Waals surface area contributed by atoms with Crippen molar-refractivity contribution in [1.82, 2.24) is 15.5 Å². The Hall–Kier alpha value is -3.88. The number of primary amides is 1. The highest BCUT2D eigenvalue weighted by atomic mass is 16.6. The standard InChI is InChI=1S/C29H40N4O5/c1-7-13-33(27(36)23(17-24(30)34)32-28(37)38-29(4,5)6)25(22-15-19(2)14-20(3)16-22)26(35)31-18-21-11-9-8-10-12-21/h8-12,14-16,23,25H,7,13,17-18H2,1-6H3,(H2,30,34)(H,31,35)(H,32,37). The van der Waals surface area contributed by atoms with Gasteiger partial charge in [0.1, 0.15) is 17.7 Å². The first kappa shape index (κ1) is 30.3. The number of carbonyl (C=O) groups is 4. The van der Waals surface area contributed by atoms with Crippen LogP contribution in [0.3, 0.4) is 0 Å². The molecule has 38 heavy (non-hydrogen) atoms. The van der Waals surface area contributed by atoms with Crippen molar-refractivity contribution in [3.8, 4) is 0 Å². The summed E-state index contributed by atoms with van der Waals surface area (Å²) in [5.74, 6) is -1.75. The summed E-state index contributed by atoms with van der Waals surface area (Å²) in [5.41, 5.74) is 8.02. The lowest BCUT2D eigenvalue weighted by Crippen LogP contribution is -2.54. The summed E-state index contributed by atoms with van der Waals surface area (Å²) < 4.78 is 5.30. The lowest BCUT2D eigenvalue weighted by Gasteiger charge is -2.34. The number of nitrogens with one attached hydrogen (secondary N) is 2. The Labute approximate surface area is 225 Å². The van der Waals surface area contributed by atoms with Crippen LogP contribution in [0.25, 0.3) is 0 Å². The zero-order chi connectivity index (χ0) is 28.5. The van der Waals surface area contributed by atoms with E-state index in [0.717, 1.165) is 16.7 Å². The molecule has 0 bridgehead atoms. The van der Waals surface area contributed by atoms with Gasteiger partial charge in [0, 0.05) is 13.1 Å². The van der Waals surface area contributed by atoms with Crippen molar-refractivity contribution in [1.29, 1.82) is 0 Å². The number of nitrogens with zero attached hydrogens (tertiary/aromatic N) is 1. The first-order chi connectivity index (χ1) is 17.8. The summed E-state index contributed by atoms with van der Waals surface area (Å²) in [6, 6.07) is 12.9. The lowest BCUT2D eigenvalue weighted by atomic mass is 9.98. The molecule has 0 fully saturated rings. The van der Waals surface area contributed by atoms with Gasteiger partial charge in [-0.3, -0.25) is 14.4 Å². The SMILES string of the molecule is CCCN(C(=O)C(CC(N)=O)NC(=O)OC(C)(C)C)C(C(=O)NCc1ccccc1)c1cc(C)cc(C)c1. The van der Waals surface area contributed by atoms with E-state index in [0.29, 0.717) is 12.0 Å². The maximum absolute atomic E-state index is 13.9. The van der Waals surface area contributed by atoms with E-state index >= 15 is 0 Å². The maximum Gasteiger partial charge on any atom is 0.408 e. The van der Waals surface area contributed by atoms with Crippen molar-refractivity contribution in [3.63, 3.8) is 0 Å². The molecule has 2 rings (SSSR count). The monoisotopic (exact) mass is 524 g/mol. The smallest absolute Gasteiger partial charge is 0.408 e. The van der Waals surface area contributed by atoms with Gasteiger partial charge in [-0.1, -0.05) is 66.6 Å². The minimum Gasteiger partial charge on any atom is -0.444 e. The number of rotatable bonds is 11. The molecule has 0 aliphatic heterocycles. The molecule has 4 amide bonds. The number of alkyl carbamates (subject to hydrolysis) is 1. The summed E-state index contributed by atoms with van der Waals surface area (Å²) in [6.07, 6.45) is -0.761. The zero-order valence-electron chi connectivity index (χ0n) is 23.2. The van der Waals surface area contributed by atoms with E-state index in [-0.39, 0.29) is 19.0 Å². The van der Waals surface area contributed by atoms with Crippen molar-refractivity contribution in [3.05, 3.63) is 70.8 Å². The quantitative estimate of drug-likeness (QED) is 0.413. The van der Waals surface area contributed by atoms with Crippen LogP contribution in [0.2, 0.25) is 0 Å². The topological polar surface area (TPSA) is 131 Å². The maximum atomic E-state index is 13.9. The molecule has 2 atom stereocenters. The largest absolute Gasteiger partial charge is 0.444 e. The van der Waals surface area contributed by atoms with Crippen LogP contribution in [0.4, 0.5) is 4.79 Å². The highest BCUT2D eigenvalue weighted by Crippen LogP contribution is 2.26. The Kier molecular flexibility index (Phi) is 10.9. The minimum atomic E-state index is -1.30. The molecule has 0 heterocycles. The lowest BCUT2D eigenvalue weighted by molar-refractivity contribution is -0.143. The Morgan fingerprint density at radius 3 is 2.13 bits per heavy atom. The molecular formula is C29H40N4O5. The van der Waals surface area contributed by atoms with Gasteiger partial charge in [0.05, 0.1) is 6.42 Å². The highest BCUT2D eigenvalue weighted by Gasteiger charge is 2.36. The molecule has 4 N–H and O–H groups in total. The molecule has 0 spiro atoms. The van der Waals surface area contributed by atoms with E-state index in [1.165, 1.54) is 4.90 Å². The normalized spacial score (nSPS) is 12.7. The van der Waals surface area contributed by atoms with Gasteiger partial charge >= 0.3 is 6.09 Å². The molecule has 0 saturated carbocycles. The van der Waals surface area contributed by atoms with Gasteiger partial charge < -0.3 is 26.0 Å². The summed E-state index contributed by atoms with van der Waals surface area (Å²) in [7, 11) is 0. The molecule has 0 aliphatic rings. The van der Waals surface area contributed by atoms with Gasteiger partial charge in [-0.25, -0.2) is 4.79 Å². The molecule has 2 unspecified atom stereocenters. The molecule has 2 aromatic carbocycles. The number of hydrogen-bond acceptors (Lipinski definition) is 5. The van der Waals surface area contributed by atoms with E-state index in [1.54, 1.807) is 20.8 Å². The number of nitrogens with two attached hydrogens (primary N) is 1. The average molecular weight is 525 g/mol. The van der Waals surface area contributed by atoms with Gasteiger partial charge in [0.25, 0.3) is 0 Å². The number of aryl methyl sites for hydroxylation is 2. The van der Waals surface area contributed by atoms with Gasteiger partial charge in [-0.05, 0) is 52.2 Å². The predicted molar refractivity (Wildman–Crippen MR) is 146 cm³/mol. The first-order valence-corrected chi connectivity index (χ1v) is 12.8. The van der Waals surface area contributed by atoms with E-state index in [2.05, 4.69) is 10.6 Å². The van der Waals surface area contributed by atoms with Crippen molar-refractivity contribution in [2.45, 2.75) is 78.6 Å². The molecular weight excluding hydrogens is 484 g/mol. The van der Waals surface area contributed by atoms with Crippen LogP contribution in [0.15, 0.2) is 48.5 Å². The van der Waals surface area contributed by atoms with E-state index in [1.807, 2.05) is 69.3 Å². The molecule has 0 aliphatic carbocycles. The van der Waals surface area contributed by atoms with Crippen molar-refractivity contribution < 1.29 is 23.9 Å². The molecule has 0 radical (unpaired) electrons. The summed E-state index contributed by atoms with van der Waals surface area (Å²) in [5, 5.41) is 5.43. The first-order valence-electron chi connectivity index (χ1n) is 12.8. The third-order valence-electron chi connectivity index (χ3n) is 5.57. The number of carbonyl (C=O) groups excluding carboxylic acids is 4. The van der Waals surface area contributed by atoms with Crippen LogP contribution in [0.1, 0.15) is 68.8 Å². The van der Waals surface area contributed by atoms with Crippen LogP contribution >= 0.6 is 0 Å². The van der Waals surface area contributed by atoms with Gasteiger partial charge in [0.15, 0.2) is 0 Å². The van der Waals surface area contributed by atoms with Crippen molar-refractivity contribution in [2.24, 2.45) is 5.73 Å². The van der Waals surface area contributed by atoms with Gasteiger partial charge in [-0.2, -0.15) is 0 Å². The fourth-order valence-electron chi connectivity index (χ4n) is 4.18. The van der Waals surface area contributed by atoms with Crippen LogP contribution in [0, 0.1) is 13.8 Å². The molecule has 9 heteroatoms. The molecule has 206 valence electrons. The zero-order valence-corrected chi connectivity index (χ0v) is 23.2. The van der Waals surface area contributed by atoms with E-state index in [4.69, 9.17) is 10.5 Å². The summed E-state index contributed by atoms with van der Waals surface area (Å²) in [6.45, 7) is 11.3. The summed E-state index contributed by atoms with van der Waals surface area (Å²) >= 11 is 0. The molecule has 2 aromatic rings. The fourth-order valence-corrected chi connectivity index (χ4v) is 4.18. The number of hydrogen-bond donors (Lipinski definition) is 3. The van der Waals surface area contributed by atoms with Gasteiger partial charge in [0.2, 0.25) is 17.7 Å². The molecule has 0 aromatic heterocycles. The second-order valence-electron chi connectivity index (χ2n) is 10.4. The molecule has 9 nitrogen and oxygen atoms in total. The Balaban J connectivity index is 2.48. The van der Waals surface area contributed by atoms with Crippen molar-refractivity contribution >= 4 is 23.8 Å². The minimum absolute atomic E-state index is 0.209. The fraction of sp³-hybridized carbons (Fsp3) is 0.448. The Bertz CT molecular complexity index is 1110.